The molecule has 0 atom stereocenters. The number of anilines is 1. The van der Waals surface area contributed by atoms with Gasteiger partial charge < -0.3 is 15.2 Å². The molecule has 0 aliphatic rings. The van der Waals surface area contributed by atoms with Gasteiger partial charge in [0.1, 0.15) is 6.61 Å². The standard InChI is InChI=1S/C10H12BrNO3/c1-14-4-5-15-10(13)8-6-7(11)2-3-9(8)12/h2-3,6H,4-5,12H2,1H3. The van der Waals surface area contributed by atoms with E-state index in [1.54, 1.807) is 25.3 Å². The van der Waals surface area contributed by atoms with E-state index in [2.05, 4.69) is 15.9 Å². The fourth-order valence-electron chi connectivity index (χ4n) is 1.00. The summed E-state index contributed by atoms with van der Waals surface area (Å²) < 4.78 is 10.5. The van der Waals surface area contributed by atoms with E-state index in [1.165, 1.54) is 0 Å². The SMILES string of the molecule is COCCOC(=O)c1cc(Br)ccc1N. The molecule has 0 aromatic heterocycles. The molecule has 0 aliphatic carbocycles. The molecule has 0 spiro atoms. The summed E-state index contributed by atoms with van der Waals surface area (Å²) in [5.41, 5.74) is 6.41. The Balaban J connectivity index is 2.68. The van der Waals surface area contributed by atoms with Gasteiger partial charge in [0.05, 0.1) is 12.2 Å². The van der Waals surface area contributed by atoms with Gasteiger partial charge in [0.25, 0.3) is 0 Å². The van der Waals surface area contributed by atoms with Crippen LogP contribution in [0.25, 0.3) is 0 Å². The van der Waals surface area contributed by atoms with Gasteiger partial charge in [0, 0.05) is 17.3 Å². The molecule has 5 heteroatoms. The van der Waals surface area contributed by atoms with E-state index in [4.69, 9.17) is 15.2 Å². The Morgan fingerprint density at radius 2 is 2.20 bits per heavy atom. The first-order valence-corrected chi connectivity index (χ1v) is 5.15. The fourth-order valence-corrected chi connectivity index (χ4v) is 1.36. The van der Waals surface area contributed by atoms with Crippen molar-refractivity contribution in [2.75, 3.05) is 26.1 Å². The first-order chi connectivity index (χ1) is 7.15. The average Bonchev–Trinajstić information content (AvgIpc) is 2.22. The maximum Gasteiger partial charge on any atom is 0.340 e. The molecule has 0 bridgehead atoms. The minimum Gasteiger partial charge on any atom is -0.460 e. The third kappa shape index (κ3) is 3.53. The molecule has 1 rings (SSSR count). The molecule has 0 saturated heterocycles. The van der Waals surface area contributed by atoms with Crippen LogP contribution in [0, 0.1) is 0 Å². The Morgan fingerprint density at radius 3 is 2.87 bits per heavy atom. The summed E-state index contributed by atoms with van der Waals surface area (Å²) in [6.07, 6.45) is 0. The zero-order chi connectivity index (χ0) is 11.3. The van der Waals surface area contributed by atoms with Gasteiger partial charge in [-0.2, -0.15) is 0 Å². The maximum atomic E-state index is 11.5. The van der Waals surface area contributed by atoms with E-state index in [-0.39, 0.29) is 6.61 Å². The monoisotopic (exact) mass is 273 g/mol. The normalized spacial score (nSPS) is 10.0. The lowest BCUT2D eigenvalue weighted by atomic mass is 10.2. The Kier molecular flexibility index (Phi) is 4.58. The van der Waals surface area contributed by atoms with Crippen LogP contribution < -0.4 is 5.73 Å². The second-order valence-corrected chi connectivity index (χ2v) is 3.78. The van der Waals surface area contributed by atoms with Gasteiger partial charge in [0.15, 0.2) is 0 Å². The van der Waals surface area contributed by atoms with Crippen LogP contribution in [0.3, 0.4) is 0 Å². The van der Waals surface area contributed by atoms with Crippen LogP contribution in [0.1, 0.15) is 10.4 Å². The molecule has 0 unspecified atom stereocenters. The number of carbonyl (C=O) groups excluding carboxylic acids is 1. The molecule has 1 aromatic carbocycles. The van der Waals surface area contributed by atoms with Crippen LogP contribution in [0.5, 0.6) is 0 Å². The summed E-state index contributed by atoms with van der Waals surface area (Å²) >= 11 is 3.26. The van der Waals surface area contributed by atoms with Gasteiger partial charge in [-0.25, -0.2) is 4.79 Å². The van der Waals surface area contributed by atoms with Gasteiger partial charge in [0.2, 0.25) is 0 Å². The van der Waals surface area contributed by atoms with Crippen LogP contribution in [-0.4, -0.2) is 26.3 Å². The Morgan fingerprint density at radius 1 is 1.47 bits per heavy atom. The highest BCUT2D eigenvalue weighted by atomic mass is 79.9. The van der Waals surface area contributed by atoms with Crippen molar-refractivity contribution in [1.82, 2.24) is 0 Å². The highest BCUT2D eigenvalue weighted by Crippen LogP contribution is 2.19. The number of methoxy groups -OCH3 is 1. The molecule has 82 valence electrons. The van der Waals surface area contributed by atoms with Crippen molar-refractivity contribution < 1.29 is 14.3 Å². The third-order valence-electron chi connectivity index (χ3n) is 1.76. The van der Waals surface area contributed by atoms with Crippen molar-refractivity contribution in [3.8, 4) is 0 Å². The molecule has 0 saturated carbocycles. The molecule has 4 nitrogen and oxygen atoms in total. The molecule has 0 heterocycles. The second kappa shape index (κ2) is 5.72. The number of halogens is 1. The minimum absolute atomic E-state index is 0.223. The van der Waals surface area contributed by atoms with Crippen LogP contribution in [0.15, 0.2) is 22.7 Å². The minimum atomic E-state index is -0.439. The van der Waals surface area contributed by atoms with E-state index >= 15 is 0 Å². The molecular formula is C10H12BrNO3. The number of benzene rings is 1. The Labute approximate surface area is 96.5 Å². The molecule has 0 amide bonds. The highest BCUT2D eigenvalue weighted by molar-refractivity contribution is 9.10. The lowest BCUT2D eigenvalue weighted by Gasteiger charge is -2.06. The number of esters is 1. The van der Waals surface area contributed by atoms with Crippen molar-refractivity contribution in [1.29, 1.82) is 0 Å². The Bertz CT molecular complexity index is 355. The van der Waals surface area contributed by atoms with Gasteiger partial charge in [-0.3, -0.25) is 0 Å². The van der Waals surface area contributed by atoms with E-state index in [9.17, 15) is 4.79 Å². The first kappa shape index (κ1) is 12.0. The number of ether oxygens (including phenoxy) is 2. The molecule has 0 radical (unpaired) electrons. The van der Waals surface area contributed by atoms with Crippen LogP contribution in [0.2, 0.25) is 0 Å². The molecule has 0 fully saturated rings. The van der Waals surface area contributed by atoms with E-state index in [0.29, 0.717) is 17.9 Å². The number of rotatable bonds is 4. The summed E-state index contributed by atoms with van der Waals surface area (Å²) in [4.78, 5) is 11.5. The number of hydrogen-bond acceptors (Lipinski definition) is 4. The summed E-state index contributed by atoms with van der Waals surface area (Å²) in [7, 11) is 1.54. The van der Waals surface area contributed by atoms with Crippen LogP contribution in [-0.2, 0) is 9.47 Å². The lowest BCUT2D eigenvalue weighted by Crippen LogP contribution is -2.11. The second-order valence-electron chi connectivity index (χ2n) is 2.86. The zero-order valence-electron chi connectivity index (χ0n) is 8.33. The molecule has 1 aromatic rings. The molecular weight excluding hydrogens is 262 g/mol. The molecule has 15 heavy (non-hydrogen) atoms. The zero-order valence-corrected chi connectivity index (χ0v) is 9.91. The largest absolute Gasteiger partial charge is 0.460 e. The lowest BCUT2D eigenvalue weighted by molar-refractivity contribution is 0.0389. The predicted octanol–water partition coefficient (Wildman–Crippen LogP) is 1.83. The summed E-state index contributed by atoms with van der Waals surface area (Å²) in [5.74, 6) is -0.439. The van der Waals surface area contributed by atoms with Crippen molar-refractivity contribution >= 4 is 27.6 Å². The fraction of sp³-hybridized carbons (Fsp3) is 0.300. The van der Waals surface area contributed by atoms with E-state index in [1.807, 2.05) is 0 Å². The predicted molar refractivity (Wildman–Crippen MR) is 60.7 cm³/mol. The van der Waals surface area contributed by atoms with Gasteiger partial charge >= 0.3 is 5.97 Å². The summed E-state index contributed by atoms with van der Waals surface area (Å²) in [6, 6.07) is 5.04. The van der Waals surface area contributed by atoms with Crippen LogP contribution >= 0.6 is 15.9 Å². The molecule has 2 N–H and O–H groups in total. The maximum absolute atomic E-state index is 11.5. The van der Waals surface area contributed by atoms with E-state index < -0.39 is 5.97 Å². The first-order valence-electron chi connectivity index (χ1n) is 4.36. The van der Waals surface area contributed by atoms with Gasteiger partial charge in [-0.1, -0.05) is 15.9 Å². The van der Waals surface area contributed by atoms with Gasteiger partial charge in [-0.15, -0.1) is 0 Å². The van der Waals surface area contributed by atoms with Crippen molar-refractivity contribution in [2.24, 2.45) is 0 Å². The van der Waals surface area contributed by atoms with Crippen molar-refractivity contribution in [2.45, 2.75) is 0 Å². The number of carbonyl (C=O) groups is 1. The van der Waals surface area contributed by atoms with Crippen molar-refractivity contribution in [3.63, 3.8) is 0 Å². The van der Waals surface area contributed by atoms with E-state index in [0.717, 1.165) is 4.47 Å². The highest BCUT2D eigenvalue weighted by Gasteiger charge is 2.11. The van der Waals surface area contributed by atoms with Crippen molar-refractivity contribution in [3.05, 3.63) is 28.2 Å². The topological polar surface area (TPSA) is 61.5 Å². The average molecular weight is 274 g/mol. The summed E-state index contributed by atoms with van der Waals surface area (Å²) in [5, 5.41) is 0. The number of hydrogen-bond donors (Lipinski definition) is 1. The third-order valence-corrected chi connectivity index (χ3v) is 2.25. The Hall–Kier alpha value is -1.07. The number of nitrogen functional groups attached to an aromatic ring is 1. The smallest absolute Gasteiger partial charge is 0.340 e. The van der Waals surface area contributed by atoms with Crippen LogP contribution in [0.4, 0.5) is 5.69 Å². The molecule has 0 aliphatic heterocycles. The van der Waals surface area contributed by atoms with Gasteiger partial charge in [-0.05, 0) is 18.2 Å². The summed E-state index contributed by atoms with van der Waals surface area (Å²) in [6.45, 7) is 0.598. The number of nitrogens with two attached hydrogens (primary N) is 1. The quantitative estimate of drug-likeness (QED) is 0.517.